The van der Waals surface area contributed by atoms with Crippen molar-refractivity contribution in [3.8, 4) is 0 Å². The summed E-state index contributed by atoms with van der Waals surface area (Å²) < 4.78 is 5.22. The van der Waals surface area contributed by atoms with Crippen molar-refractivity contribution in [3.63, 3.8) is 0 Å². The first-order chi connectivity index (χ1) is 6.63. The maximum atomic E-state index is 5.97. The summed E-state index contributed by atoms with van der Waals surface area (Å²) in [5.74, 6) is 0.592. The summed E-state index contributed by atoms with van der Waals surface area (Å²) in [6.45, 7) is 14.7. The zero-order chi connectivity index (χ0) is 11.1. The Bertz CT molecular complexity index is 256. The highest BCUT2D eigenvalue weighted by Gasteiger charge is 2.14. The fourth-order valence-corrected chi connectivity index (χ4v) is 1.11. The molecule has 0 aliphatic carbocycles. The molecule has 1 aliphatic rings. The number of nitrogens with one attached hydrogen (secondary N) is 1. The van der Waals surface area contributed by atoms with Crippen LogP contribution in [0.2, 0.25) is 0 Å². The fourth-order valence-electron chi connectivity index (χ4n) is 0.934. The van der Waals surface area contributed by atoms with E-state index < -0.39 is 0 Å². The molecule has 0 aromatic carbocycles. The molecule has 14 heavy (non-hydrogen) atoms. The largest absolute Gasteiger partial charge is 0.490 e. The fraction of sp³-hybridized carbons (Fsp3) is 0.455. The molecular weight excluding hydrogens is 198 g/mol. The van der Waals surface area contributed by atoms with Gasteiger partial charge in [-0.2, -0.15) is 0 Å². The molecule has 0 spiro atoms. The monoisotopic (exact) mass is 215 g/mol. The van der Waals surface area contributed by atoms with E-state index in [2.05, 4.69) is 18.5 Å². The van der Waals surface area contributed by atoms with Crippen LogP contribution in [0.25, 0.3) is 0 Å². The van der Waals surface area contributed by atoms with Gasteiger partial charge in [0.05, 0.1) is 10.7 Å². The third-order valence-corrected chi connectivity index (χ3v) is 2.06. The molecule has 0 amide bonds. The van der Waals surface area contributed by atoms with Crippen molar-refractivity contribution < 1.29 is 4.74 Å². The van der Waals surface area contributed by atoms with Crippen molar-refractivity contribution in [1.82, 2.24) is 5.32 Å². The van der Waals surface area contributed by atoms with Gasteiger partial charge in [0.25, 0.3) is 0 Å². The molecule has 1 aliphatic heterocycles. The molecule has 0 unspecified atom stereocenters. The Morgan fingerprint density at radius 3 is 2.50 bits per heavy atom. The molecule has 0 radical (unpaired) electrons. The van der Waals surface area contributed by atoms with Crippen molar-refractivity contribution >= 4 is 11.6 Å². The first-order valence-electron chi connectivity index (χ1n) is 4.74. The first kappa shape index (κ1) is 13.1. The predicted octanol–water partition coefficient (Wildman–Crippen LogP) is 3.17. The van der Waals surface area contributed by atoms with Crippen LogP contribution in [0.5, 0.6) is 0 Å². The van der Waals surface area contributed by atoms with Crippen LogP contribution in [0.4, 0.5) is 0 Å². The smallest absolute Gasteiger partial charge is 0.136 e. The minimum atomic E-state index is 0.592. The minimum absolute atomic E-state index is 0.592. The van der Waals surface area contributed by atoms with E-state index in [0.717, 1.165) is 17.8 Å². The lowest BCUT2D eigenvalue weighted by Gasteiger charge is -2.21. The van der Waals surface area contributed by atoms with Crippen molar-refractivity contribution in [2.24, 2.45) is 0 Å². The van der Waals surface area contributed by atoms with E-state index >= 15 is 0 Å². The van der Waals surface area contributed by atoms with Gasteiger partial charge < -0.3 is 10.1 Å². The number of ether oxygens (including phenoxy) is 1. The Kier molecular flexibility index (Phi) is 6.13. The molecule has 1 fully saturated rings. The number of morpholine rings is 1. The van der Waals surface area contributed by atoms with Crippen molar-refractivity contribution in [3.05, 3.63) is 35.2 Å². The Balaban J connectivity index is 0.000000791. The quantitative estimate of drug-likeness (QED) is 0.726. The summed E-state index contributed by atoms with van der Waals surface area (Å²) in [6, 6.07) is 0. The number of rotatable bonds is 1. The molecule has 1 heterocycles. The molecule has 0 aromatic heterocycles. The molecule has 1 rings (SSSR count). The molecular formula is C11H18ClNO. The topological polar surface area (TPSA) is 21.3 Å². The molecule has 0 atom stereocenters. The van der Waals surface area contributed by atoms with Gasteiger partial charge in [-0.05, 0) is 12.5 Å². The van der Waals surface area contributed by atoms with E-state index in [4.69, 9.17) is 16.3 Å². The molecule has 0 bridgehead atoms. The van der Waals surface area contributed by atoms with Crippen molar-refractivity contribution in [2.75, 3.05) is 13.2 Å². The lowest BCUT2D eigenvalue weighted by atomic mass is 10.2. The van der Waals surface area contributed by atoms with E-state index in [9.17, 15) is 0 Å². The molecule has 0 aromatic rings. The molecule has 3 heteroatoms. The van der Waals surface area contributed by atoms with Crippen LogP contribution in [0.1, 0.15) is 20.8 Å². The Morgan fingerprint density at radius 1 is 1.50 bits per heavy atom. The normalized spacial score (nSPS) is 18.4. The van der Waals surface area contributed by atoms with Crippen LogP contribution in [0.3, 0.4) is 0 Å². The number of allylic oxidation sites excluding steroid dienone is 2. The summed E-state index contributed by atoms with van der Waals surface area (Å²) in [5, 5.41) is 3.71. The Morgan fingerprint density at radius 2 is 2.07 bits per heavy atom. The average molecular weight is 216 g/mol. The van der Waals surface area contributed by atoms with Gasteiger partial charge in [0.2, 0.25) is 0 Å². The van der Waals surface area contributed by atoms with Crippen LogP contribution in [0.15, 0.2) is 35.2 Å². The number of hydrogen-bond acceptors (Lipinski definition) is 2. The summed E-state index contributed by atoms with van der Waals surface area (Å²) >= 11 is 5.97. The lowest BCUT2D eigenvalue weighted by Crippen LogP contribution is -2.27. The highest BCUT2D eigenvalue weighted by Crippen LogP contribution is 2.22. The summed E-state index contributed by atoms with van der Waals surface area (Å²) in [4.78, 5) is 0. The van der Waals surface area contributed by atoms with Gasteiger partial charge in [0.15, 0.2) is 0 Å². The van der Waals surface area contributed by atoms with E-state index in [1.54, 1.807) is 0 Å². The lowest BCUT2D eigenvalue weighted by molar-refractivity contribution is 0.198. The van der Waals surface area contributed by atoms with Gasteiger partial charge in [-0.25, -0.2) is 0 Å². The van der Waals surface area contributed by atoms with Gasteiger partial charge in [-0.3, -0.25) is 0 Å². The van der Waals surface area contributed by atoms with E-state index in [1.807, 2.05) is 20.8 Å². The number of halogens is 1. The van der Waals surface area contributed by atoms with Crippen LogP contribution in [-0.2, 0) is 4.74 Å². The number of hydrogen-bond donors (Lipinski definition) is 1. The predicted molar refractivity (Wildman–Crippen MR) is 62.1 cm³/mol. The van der Waals surface area contributed by atoms with Crippen molar-refractivity contribution in [1.29, 1.82) is 0 Å². The van der Waals surface area contributed by atoms with Crippen molar-refractivity contribution in [2.45, 2.75) is 20.8 Å². The minimum Gasteiger partial charge on any atom is -0.490 e. The molecule has 1 N–H and O–H groups in total. The second kappa shape index (κ2) is 6.55. The standard InChI is InChI=1S/C9H12ClNO.C2H6/c1-6(2)8(10)9-7(3)12-5-4-11-9;1-2/h11H,1,3-5H2,2H3;1-2H3/b9-8-;. The van der Waals surface area contributed by atoms with Gasteiger partial charge >= 0.3 is 0 Å². The first-order valence-corrected chi connectivity index (χ1v) is 5.12. The summed E-state index contributed by atoms with van der Waals surface area (Å²) in [5.41, 5.74) is 1.57. The third kappa shape index (κ3) is 3.46. The van der Waals surface area contributed by atoms with Gasteiger partial charge in [-0.15, -0.1) is 0 Å². The molecule has 2 nitrogen and oxygen atoms in total. The summed E-state index contributed by atoms with van der Waals surface area (Å²) in [6.07, 6.45) is 0. The van der Waals surface area contributed by atoms with Crippen LogP contribution >= 0.6 is 11.6 Å². The zero-order valence-electron chi connectivity index (χ0n) is 9.11. The van der Waals surface area contributed by atoms with Crippen LogP contribution in [-0.4, -0.2) is 13.2 Å². The Hall–Kier alpha value is -0.890. The van der Waals surface area contributed by atoms with E-state index in [1.165, 1.54) is 0 Å². The third-order valence-electron chi connectivity index (χ3n) is 1.55. The molecule has 80 valence electrons. The van der Waals surface area contributed by atoms with Gasteiger partial charge in [0.1, 0.15) is 12.4 Å². The highest BCUT2D eigenvalue weighted by atomic mass is 35.5. The average Bonchev–Trinajstić information content (AvgIpc) is 2.20. The Labute approximate surface area is 91.3 Å². The SMILES string of the molecule is C=C(C)/C(Cl)=C1/NCCOC1=C.CC. The zero-order valence-corrected chi connectivity index (χ0v) is 9.87. The van der Waals surface area contributed by atoms with Gasteiger partial charge in [-0.1, -0.05) is 38.6 Å². The summed E-state index contributed by atoms with van der Waals surface area (Å²) in [7, 11) is 0. The maximum Gasteiger partial charge on any atom is 0.136 e. The molecule has 0 saturated carbocycles. The molecule has 1 saturated heterocycles. The van der Waals surface area contributed by atoms with Crippen LogP contribution < -0.4 is 5.32 Å². The second-order valence-corrected chi connectivity index (χ2v) is 3.05. The second-order valence-electron chi connectivity index (χ2n) is 2.67. The van der Waals surface area contributed by atoms with Gasteiger partial charge in [0, 0.05) is 6.54 Å². The van der Waals surface area contributed by atoms with E-state index in [0.29, 0.717) is 17.4 Å². The van der Waals surface area contributed by atoms with E-state index in [-0.39, 0.29) is 0 Å². The maximum absolute atomic E-state index is 5.97. The highest BCUT2D eigenvalue weighted by molar-refractivity contribution is 6.32. The van der Waals surface area contributed by atoms with Crippen LogP contribution in [0, 0.1) is 0 Å².